The van der Waals surface area contributed by atoms with Crippen LogP contribution in [0.2, 0.25) is 0 Å². The van der Waals surface area contributed by atoms with Gasteiger partial charge in [-0.15, -0.1) is 0 Å². The number of halogens is 3. The normalized spacial score (nSPS) is 11.4. The first-order chi connectivity index (χ1) is 11.9. The third kappa shape index (κ3) is 3.38. The second-order valence-corrected chi connectivity index (χ2v) is 5.87. The van der Waals surface area contributed by atoms with Crippen molar-refractivity contribution >= 4 is 16.8 Å². The zero-order valence-corrected chi connectivity index (χ0v) is 13.8. The van der Waals surface area contributed by atoms with Gasteiger partial charge in [-0.2, -0.15) is 8.78 Å². The summed E-state index contributed by atoms with van der Waals surface area (Å²) < 4.78 is 39.9. The molecule has 0 bridgehead atoms. The van der Waals surface area contributed by atoms with Crippen LogP contribution in [0.4, 0.5) is 13.2 Å². The van der Waals surface area contributed by atoms with Gasteiger partial charge in [-0.1, -0.05) is 0 Å². The number of carbonyl (C=O) groups excluding carboxylic acids is 1. The van der Waals surface area contributed by atoms with Crippen molar-refractivity contribution in [3.8, 4) is 0 Å². The van der Waals surface area contributed by atoms with Crippen LogP contribution < -0.4 is 0 Å². The van der Waals surface area contributed by atoms with Crippen LogP contribution in [-0.4, -0.2) is 32.4 Å². The minimum absolute atomic E-state index is 0.0358. The first-order valence-corrected chi connectivity index (χ1v) is 7.67. The van der Waals surface area contributed by atoms with Crippen LogP contribution in [0.25, 0.3) is 10.9 Å². The summed E-state index contributed by atoms with van der Waals surface area (Å²) in [6.45, 7) is -0.935. The molecule has 0 atom stereocenters. The first-order valence-electron chi connectivity index (χ1n) is 7.67. The van der Waals surface area contributed by atoms with Gasteiger partial charge in [-0.05, 0) is 30.7 Å². The van der Waals surface area contributed by atoms with E-state index in [1.54, 1.807) is 6.07 Å². The molecule has 3 aromatic rings. The molecule has 0 aliphatic heterocycles. The second kappa shape index (κ2) is 6.62. The molecule has 2 heterocycles. The third-order valence-electron chi connectivity index (χ3n) is 4.17. The summed E-state index contributed by atoms with van der Waals surface area (Å²) in [5.74, 6) is -0.544. The van der Waals surface area contributed by atoms with Crippen molar-refractivity contribution in [3.63, 3.8) is 0 Å². The number of amides is 1. The molecule has 132 valence electrons. The highest BCUT2D eigenvalue weighted by atomic mass is 19.3. The Hall–Kier alpha value is -2.77. The van der Waals surface area contributed by atoms with Gasteiger partial charge in [0.15, 0.2) is 0 Å². The Morgan fingerprint density at radius 3 is 2.88 bits per heavy atom. The number of rotatable bonds is 5. The molecule has 1 amide bonds. The second-order valence-electron chi connectivity index (χ2n) is 5.87. The molecule has 2 aromatic heterocycles. The number of aryl methyl sites for hydroxylation is 1. The maximum absolute atomic E-state index is 13.5. The van der Waals surface area contributed by atoms with E-state index < -0.39 is 6.55 Å². The van der Waals surface area contributed by atoms with E-state index in [-0.39, 0.29) is 30.5 Å². The molecule has 0 fully saturated rings. The number of aromatic nitrogens is 3. The summed E-state index contributed by atoms with van der Waals surface area (Å²) in [7, 11) is 1.53. The van der Waals surface area contributed by atoms with Crippen LogP contribution in [0, 0.1) is 12.7 Å². The lowest BCUT2D eigenvalue weighted by atomic mass is 10.1. The van der Waals surface area contributed by atoms with E-state index in [1.807, 2.05) is 6.92 Å². The van der Waals surface area contributed by atoms with E-state index in [9.17, 15) is 18.0 Å². The molecule has 3 rings (SSSR count). The molecule has 0 spiro atoms. The van der Waals surface area contributed by atoms with Crippen LogP contribution >= 0.6 is 0 Å². The standard InChI is InChI=1S/C17H17F3N4O/c1-10-12(13-7-11(18)3-4-14(13)22-10)8-16(25)23(2)9-15-21-5-6-24(15)17(19)20/h3-7,17,22H,8-9H2,1-2H3. The number of imidazole rings is 1. The number of benzene rings is 1. The van der Waals surface area contributed by atoms with Crippen molar-refractivity contribution in [3.05, 3.63) is 53.5 Å². The Kier molecular flexibility index (Phi) is 4.52. The van der Waals surface area contributed by atoms with E-state index in [4.69, 9.17) is 0 Å². The average Bonchev–Trinajstić information content (AvgIpc) is 3.13. The number of aromatic amines is 1. The van der Waals surface area contributed by atoms with Crippen LogP contribution in [0.1, 0.15) is 23.6 Å². The number of carbonyl (C=O) groups is 1. The molecule has 0 saturated heterocycles. The van der Waals surface area contributed by atoms with Crippen LogP contribution in [0.5, 0.6) is 0 Å². The lowest BCUT2D eigenvalue weighted by Crippen LogP contribution is -2.29. The molecule has 0 saturated carbocycles. The number of hydrogen-bond donors (Lipinski definition) is 1. The summed E-state index contributed by atoms with van der Waals surface area (Å²) >= 11 is 0. The Morgan fingerprint density at radius 1 is 1.40 bits per heavy atom. The largest absolute Gasteiger partial charge is 0.358 e. The van der Waals surface area contributed by atoms with Crippen molar-refractivity contribution < 1.29 is 18.0 Å². The number of nitrogens with zero attached hydrogens (tertiary/aromatic N) is 3. The van der Waals surface area contributed by atoms with Gasteiger partial charge < -0.3 is 9.88 Å². The highest BCUT2D eigenvalue weighted by Crippen LogP contribution is 2.24. The zero-order valence-electron chi connectivity index (χ0n) is 13.8. The Morgan fingerprint density at radius 2 is 2.16 bits per heavy atom. The van der Waals surface area contributed by atoms with E-state index in [0.29, 0.717) is 10.9 Å². The lowest BCUT2D eigenvalue weighted by Gasteiger charge is -2.17. The number of likely N-dealkylation sites (N-methyl/N-ethyl adjacent to an activating group) is 1. The molecule has 5 nitrogen and oxygen atoms in total. The number of nitrogens with one attached hydrogen (secondary N) is 1. The number of H-pyrrole nitrogens is 1. The molecule has 1 aromatic carbocycles. The van der Waals surface area contributed by atoms with E-state index in [0.717, 1.165) is 15.8 Å². The van der Waals surface area contributed by atoms with Crippen molar-refractivity contribution in [2.45, 2.75) is 26.4 Å². The van der Waals surface area contributed by atoms with Crippen molar-refractivity contribution in [1.82, 2.24) is 19.4 Å². The molecule has 1 N–H and O–H groups in total. The fraction of sp³-hybridized carbons (Fsp3) is 0.294. The van der Waals surface area contributed by atoms with Gasteiger partial charge in [0.05, 0.1) is 13.0 Å². The predicted molar refractivity (Wildman–Crippen MR) is 86.7 cm³/mol. The van der Waals surface area contributed by atoms with Gasteiger partial charge in [0.2, 0.25) is 5.91 Å². The van der Waals surface area contributed by atoms with Gasteiger partial charge in [0, 0.05) is 36.0 Å². The summed E-state index contributed by atoms with van der Waals surface area (Å²) in [5, 5.41) is 0.647. The van der Waals surface area contributed by atoms with E-state index in [1.165, 1.54) is 36.5 Å². The highest BCUT2D eigenvalue weighted by Gasteiger charge is 2.19. The minimum atomic E-state index is -2.71. The number of hydrogen-bond acceptors (Lipinski definition) is 2. The molecular formula is C17H17F3N4O. The topological polar surface area (TPSA) is 53.9 Å². The van der Waals surface area contributed by atoms with Crippen molar-refractivity contribution in [1.29, 1.82) is 0 Å². The first kappa shape index (κ1) is 17.1. The van der Waals surface area contributed by atoms with Gasteiger partial charge in [-0.3, -0.25) is 9.36 Å². The summed E-state index contributed by atoms with van der Waals surface area (Å²) in [6, 6.07) is 4.35. The van der Waals surface area contributed by atoms with Gasteiger partial charge in [0.25, 0.3) is 0 Å². The maximum Gasteiger partial charge on any atom is 0.319 e. The monoisotopic (exact) mass is 350 g/mol. The molecule has 0 unspecified atom stereocenters. The van der Waals surface area contributed by atoms with Crippen LogP contribution in [0.3, 0.4) is 0 Å². The highest BCUT2D eigenvalue weighted by molar-refractivity contribution is 5.90. The smallest absolute Gasteiger partial charge is 0.319 e. The van der Waals surface area contributed by atoms with Crippen molar-refractivity contribution in [2.24, 2.45) is 0 Å². The van der Waals surface area contributed by atoms with Gasteiger partial charge in [-0.25, -0.2) is 9.37 Å². The molecule has 8 heteroatoms. The van der Waals surface area contributed by atoms with Gasteiger partial charge >= 0.3 is 6.55 Å². The quantitative estimate of drug-likeness (QED) is 0.767. The molecule has 0 aliphatic carbocycles. The number of fused-ring (bicyclic) bond motifs is 1. The van der Waals surface area contributed by atoms with Crippen molar-refractivity contribution in [2.75, 3.05) is 7.05 Å². The lowest BCUT2D eigenvalue weighted by molar-refractivity contribution is -0.129. The number of alkyl halides is 2. The Labute approximate surface area is 142 Å². The molecule has 0 radical (unpaired) electrons. The zero-order chi connectivity index (χ0) is 18.1. The molecular weight excluding hydrogens is 333 g/mol. The Bertz CT molecular complexity index is 916. The van der Waals surface area contributed by atoms with Crippen LogP contribution in [0.15, 0.2) is 30.6 Å². The third-order valence-corrected chi connectivity index (χ3v) is 4.17. The van der Waals surface area contributed by atoms with Gasteiger partial charge in [0.1, 0.15) is 11.6 Å². The Balaban J connectivity index is 1.79. The maximum atomic E-state index is 13.5. The van der Waals surface area contributed by atoms with E-state index in [2.05, 4.69) is 9.97 Å². The average molecular weight is 350 g/mol. The molecule has 0 aliphatic rings. The summed E-state index contributed by atoms with van der Waals surface area (Å²) in [4.78, 5) is 20.8. The summed E-state index contributed by atoms with van der Waals surface area (Å²) in [5.41, 5.74) is 2.22. The van der Waals surface area contributed by atoms with E-state index >= 15 is 0 Å². The SMILES string of the molecule is Cc1[nH]c2ccc(F)cc2c1CC(=O)N(C)Cc1nccn1C(F)F. The fourth-order valence-electron chi connectivity index (χ4n) is 2.81. The van der Waals surface area contributed by atoms with Crippen LogP contribution in [-0.2, 0) is 17.8 Å². The molecule has 25 heavy (non-hydrogen) atoms. The fourth-order valence-corrected chi connectivity index (χ4v) is 2.81. The summed E-state index contributed by atoms with van der Waals surface area (Å²) in [6.07, 6.45) is 2.48. The minimum Gasteiger partial charge on any atom is -0.358 e. The predicted octanol–water partition coefficient (Wildman–Crippen LogP) is 3.41.